The predicted molar refractivity (Wildman–Crippen MR) is 68.8 cm³/mol. The van der Waals surface area contributed by atoms with Crippen molar-refractivity contribution in [1.82, 2.24) is 10.2 Å². The Morgan fingerprint density at radius 3 is 2.68 bits per heavy atom. The number of hydrogen-bond donors (Lipinski definition) is 1. The normalized spacial score (nSPS) is 20.1. The lowest BCUT2D eigenvalue weighted by molar-refractivity contribution is 0.0811. The van der Waals surface area contributed by atoms with Gasteiger partial charge in [-0.05, 0) is 24.5 Å². The molecule has 0 unspecified atom stereocenters. The van der Waals surface area contributed by atoms with E-state index in [1.165, 1.54) is 7.11 Å². The number of ether oxygens (including phenoxy) is 1. The van der Waals surface area contributed by atoms with Crippen LogP contribution in [0.1, 0.15) is 28.8 Å². The maximum Gasteiger partial charge on any atom is 0.409 e. The fourth-order valence-corrected chi connectivity index (χ4v) is 3.04. The number of piperidine rings is 1. The van der Waals surface area contributed by atoms with E-state index < -0.39 is 0 Å². The second kappa shape index (κ2) is 4.26. The highest BCUT2D eigenvalue weighted by Crippen LogP contribution is 2.39. The van der Waals surface area contributed by atoms with Crippen LogP contribution in [-0.4, -0.2) is 37.1 Å². The van der Waals surface area contributed by atoms with Gasteiger partial charge in [-0.15, -0.1) is 0 Å². The highest BCUT2D eigenvalue weighted by atomic mass is 16.5. The molecule has 5 nitrogen and oxygen atoms in total. The smallest absolute Gasteiger partial charge is 0.409 e. The number of carbonyl (C=O) groups is 2. The van der Waals surface area contributed by atoms with Crippen LogP contribution in [0.5, 0.6) is 0 Å². The average Bonchev–Trinajstić information content (AvgIpc) is 2.72. The first-order chi connectivity index (χ1) is 9.16. The lowest BCUT2D eigenvalue weighted by Gasteiger charge is -2.39. The minimum absolute atomic E-state index is 0.0119. The molecular weight excluding hydrogens is 244 g/mol. The number of benzene rings is 1. The van der Waals surface area contributed by atoms with Crippen LogP contribution >= 0.6 is 0 Å². The number of amides is 2. The number of methoxy groups -OCH3 is 1. The van der Waals surface area contributed by atoms with Gasteiger partial charge in [-0.1, -0.05) is 18.2 Å². The molecule has 1 N–H and O–H groups in total. The van der Waals surface area contributed by atoms with Gasteiger partial charge in [0.05, 0.1) is 12.6 Å². The monoisotopic (exact) mass is 260 g/mol. The molecule has 19 heavy (non-hydrogen) atoms. The molecule has 1 saturated heterocycles. The van der Waals surface area contributed by atoms with E-state index in [-0.39, 0.29) is 17.5 Å². The zero-order chi connectivity index (χ0) is 13.5. The molecule has 1 spiro atoms. The molecule has 0 radical (unpaired) electrons. The Labute approximate surface area is 111 Å². The summed E-state index contributed by atoms with van der Waals surface area (Å²) in [4.78, 5) is 25.2. The van der Waals surface area contributed by atoms with Crippen LogP contribution in [0.15, 0.2) is 24.3 Å². The molecule has 2 aliphatic rings. The SMILES string of the molecule is COC(=O)N1CCC2(CC1)NC(=O)c1ccccc12. The van der Waals surface area contributed by atoms with E-state index in [0.29, 0.717) is 13.1 Å². The molecule has 3 rings (SSSR count). The van der Waals surface area contributed by atoms with Crippen LogP contribution < -0.4 is 5.32 Å². The Morgan fingerprint density at radius 2 is 2.00 bits per heavy atom. The fraction of sp³-hybridized carbons (Fsp3) is 0.429. The maximum atomic E-state index is 12.0. The topological polar surface area (TPSA) is 58.6 Å². The van der Waals surface area contributed by atoms with Crippen LogP contribution in [0, 0.1) is 0 Å². The van der Waals surface area contributed by atoms with Crippen molar-refractivity contribution in [3.05, 3.63) is 35.4 Å². The van der Waals surface area contributed by atoms with E-state index >= 15 is 0 Å². The summed E-state index contributed by atoms with van der Waals surface area (Å²) >= 11 is 0. The summed E-state index contributed by atoms with van der Waals surface area (Å²) in [5, 5.41) is 3.09. The number of fused-ring (bicyclic) bond motifs is 2. The van der Waals surface area contributed by atoms with E-state index in [2.05, 4.69) is 5.32 Å². The third-order valence-corrected chi connectivity index (χ3v) is 4.09. The number of likely N-dealkylation sites (tertiary alicyclic amines) is 1. The Balaban J connectivity index is 1.85. The van der Waals surface area contributed by atoms with Gasteiger partial charge in [-0.3, -0.25) is 4.79 Å². The number of rotatable bonds is 0. The Kier molecular flexibility index (Phi) is 2.69. The van der Waals surface area contributed by atoms with Gasteiger partial charge in [0.15, 0.2) is 0 Å². The van der Waals surface area contributed by atoms with Crippen molar-refractivity contribution in [2.75, 3.05) is 20.2 Å². The Hall–Kier alpha value is -2.04. The van der Waals surface area contributed by atoms with Crippen LogP contribution in [0.3, 0.4) is 0 Å². The van der Waals surface area contributed by atoms with Crippen LogP contribution in [0.4, 0.5) is 4.79 Å². The summed E-state index contributed by atoms with van der Waals surface area (Å²) in [5.74, 6) is -0.0119. The van der Waals surface area contributed by atoms with Crippen molar-refractivity contribution < 1.29 is 14.3 Å². The minimum Gasteiger partial charge on any atom is -0.453 e. The lowest BCUT2D eigenvalue weighted by Crippen LogP contribution is -2.50. The van der Waals surface area contributed by atoms with Gasteiger partial charge in [0.2, 0.25) is 0 Å². The van der Waals surface area contributed by atoms with Gasteiger partial charge < -0.3 is 15.0 Å². The zero-order valence-electron chi connectivity index (χ0n) is 10.8. The Bertz CT molecular complexity index is 533. The fourth-order valence-electron chi connectivity index (χ4n) is 3.04. The summed E-state index contributed by atoms with van der Waals surface area (Å²) < 4.78 is 4.73. The van der Waals surface area contributed by atoms with Crippen LogP contribution in [0.25, 0.3) is 0 Å². The second-order valence-corrected chi connectivity index (χ2v) is 5.04. The molecule has 2 amide bonds. The first-order valence-electron chi connectivity index (χ1n) is 6.41. The first kappa shape index (κ1) is 12.0. The highest BCUT2D eigenvalue weighted by Gasteiger charge is 2.45. The van der Waals surface area contributed by atoms with E-state index in [1.807, 2.05) is 24.3 Å². The van der Waals surface area contributed by atoms with E-state index in [4.69, 9.17) is 4.74 Å². The van der Waals surface area contributed by atoms with Gasteiger partial charge in [-0.2, -0.15) is 0 Å². The van der Waals surface area contributed by atoms with Crippen LogP contribution in [-0.2, 0) is 10.3 Å². The minimum atomic E-state index is -0.307. The summed E-state index contributed by atoms with van der Waals surface area (Å²) in [6.07, 6.45) is 1.16. The van der Waals surface area contributed by atoms with Gasteiger partial charge in [0, 0.05) is 18.7 Å². The van der Waals surface area contributed by atoms with Crippen LogP contribution in [0.2, 0.25) is 0 Å². The van der Waals surface area contributed by atoms with Gasteiger partial charge in [0.25, 0.3) is 5.91 Å². The van der Waals surface area contributed by atoms with Crippen molar-refractivity contribution >= 4 is 12.0 Å². The van der Waals surface area contributed by atoms with Crippen molar-refractivity contribution in [1.29, 1.82) is 0 Å². The van der Waals surface area contributed by atoms with Crippen molar-refractivity contribution in [2.45, 2.75) is 18.4 Å². The maximum absolute atomic E-state index is 12.0. The van der Waals surface area contributed by atoms with Crippen molar-refractivity contribution in [3.63, 3.8) is 0 Å². The number of carbonyl (C=O) groups excluding carboxylic acids is 2. The molecule has 1 aromatic rings. The first-order valence-corrected chi connectivity index (χ1v) is 6.41. The lowest BCUT2D eigenvalue weighted by atomic mass is 9.82. The van der Waals surface area contributed by atoms with E-state index in [1.54, 1.807) is 4.90 Å². The quantitative estimate of drug-likeness (QED) is 0.768. The largest absolute Gasteiger partial charge is 0.453 e. The molecule has 1 aromatic carbocycles. The van der Waals surface area contributed by atoms with Crippen molar-refractivity contribution in [3.8, 4) is 0 Å². The number of nitrogens with zero attached hydrogens (tertiary/aromatic N) is 1. The van der Waals surface area contributed by atoms with E-state index in [9.17, 15) is 9.59 Å². The number of nitrogens with one attached hydrogen (secondary N) is 1. The molecule has 5 heteroatoms. The van der Waals surface area contributed by atoms with E-state index in [0.717, 1.165) is 24.0 Å². The summed E-state index contributed by atoms with van der Waals surface area (Å²) in [6.45, 7) is 1.20. The molecule has 1 fully saturated rings. The molecule has 100 valence electrons. The third kappa shape index (κ3) is 1.77. The standard InChI is InChI=1S/C14H16N2O3/c1-19-13(18)16-8-6-14(7-9-16)11-5-3-2-4-10(11)12(17)15-14/h2-5H,6-9H2,1H3,(H,15,17). The van der Waals surface area contributed by atoms with Crippen molar-refractivity contribution in [2.24, 2.45) is 0 Å². The molecule has 2 heterocycles. The summed E-state index contributed by atoms with van der Waals surface area (Å²) in [5.41, 5.74) is 1.51. The Morgan fingerprint density at radius 1 is 1.32 bits per heavy atom. The predicted octanol–water partition coefficient (Wildman–Crippen LogP) is 1.49. The molecule has 0 bridgehead atoms. The molecule has 0 aliphatic carbocycles. The van der Waals surface area contributed by atoms with Gasteiger partial charge >= 0.3 is 6.09 Å². The highest BCUT2D eigenvalue weighted by molar-refractivity contribution is 6.00. The molecule has 0 atom stereocenters. The van der Waals surface area contributed by atoms with Gasteiger partial charge in [0.1, 0.15) is 0 Å². The molecule has 0 saturated carbocycles. The second-order valence-electron chi connectivity index (χ2n) is 5.04. The average molecular weight is 260 g/mol. The molecule has 0 aromatic heterocycles. The zero-order valence-corrected chi connectivity index (χ0v) is 10.8. The number of hydrogen-bond acceptors (Lipinski definition) is 3. The summed E-state index contributed by atoms with van der Waals surface area (Å²) in [6, 6.07) is 7.68. The molecule has 2 aliphatic heterocycles. The molecular formula is C14H16N2O3. The van der Waals surface area contributed by atoms with Gasteiger partial charge in [-0.25, -0.2) is 4.79 Å². The third-order valence-electron chi connectivity index (χ3n) is 4.09. The summed E-state index contributed by atoms with van der Waals surface area (Å²) in [7, 11) is 1.39.